The first kappa shape index (κ1) is 13.5. The van der Waals surface area contributed by atoms with Crippen LogP contribution in [0.5, 0.6) is 0 Å². The number of hydrogen-bond acceptors (Lipinski definition) is 5. The second kappa shape index (κ2) is 6.29. The van der Waals surface area contributed by atoms with E-state index in [1.165, 1.54) is 0 Å². The maximum absolute atomic E-state index is 11.7. The molecular formula is C13H19N5O. The summed E-state index contributed by atoms with van der Waals surface area (Å²) in [5, 5.41) is 18.7. The molecule has 2 rings (SSSR count). The number of rotatable bonds is 6. The fourth-order valence-electron chi connectivity index (χ4n) is 1.92. The molecule has 1 aromatic carbocycles. The molecule has 102 valence electrons. The van der Waals surface area contributed by atoms with Gasteiger partial charge < -0.3 is 15.4 Å². The molecule has 6 heteroatoms. The van der Waals surface area contributed by atoms with Crippen molar-refractivity contribution < 1.29 is 4.85 Å². The molecule has 0 aliphatic heterocycles. The maximum Gasteiger partial charge on any atom is 0.290 e. The summed E-state index contributed by atoms with van der Waals surface area (Å²) < 4.78 is 0. The number of nitrogens with one attached hydrogen (secondary N) is 1. The number of aromatic nitrogens is 3. The van der Waals surface area contributed by atoms with E-state index in [0.717, 1.165) is 26.1 Å². The summed E-state index contributed by atoms with van der Waals surface area (Å²) in [4.78, 5) is 7.15. The van der Waals surface area contributed by atoms with Crippen LogP contribution in [0.2, 0.25) is 0 Å². The number of anilines is 1. The smallest absolute Gasteiger partial charge is 0.290 e. The monoisotopic (exact) mass is 261 g/mol. The van der Waals surface area contributed by atoms with E-state index in [2.05, 4.69) is 34.3 Å². The van der Waals surface area contributed by atoms with Crippen molar-refractivity contribution in [3.8, 4) is 0 Å². The van der Waals surface area contributed by atoms with E-state index in [0.29, 0.717) is 21.8 Å². The molecule has 1 N–H and O–H groups in total. The lowest BCUT2D eigenvalue weighted by atomic mass is 10.3. The standard InChI is InChI=1S/C13H19N5O/c1-3-9-17(2)10-8-14-13-15-11-6-4-5-7-12(11)18(19)16-13/h4-7H,3,8-10H2,1-2H3,(H,14,15,16). The van der Waals surface area contributed by atoms with Gasteiger partial charge in [0, 0.05) is 19.2 Å². The third kappa shape index (κ3) is 3.51. The molecule has 0 bridgehead atoms. The number of fused-ring (bicyclic) bond motifs is 1. The molecule has 0 spiro atoms. The molecule has 0 aliphatic rings. The summed E-state index contributed by atoms with van der Waals surface area (Å²) in [6.45, 7) is 4.82. The van der Waals surface area contributed by atoms with Gasteiger partial charge in [0.25, 0.3) is 11.5 Å². The first-order valence-electron chi connectivity index (χ1n) is 6.49. The van der Waals surface area contributed by atoms with Crippen LogP contribution in [0.3, 0.4) is 0 Å². The Bertz CT molecular complexity index is 546. The third-order valence-electron chi connectivity index (χ3n) is 2.88. The number of likely N-dealkylation sites (N-methyl/N-ethyl adjacent to an activating group) is 1. The Labute approximate surface area is 112 Å². The Hall–Kier alpha value is -1.95. The average molecular weight is 261 g/mol. The Balaban J connectivity index is 2.01. The molecule has 1 aromatic heterocycles. The van der Waals surface area contributed by atoms with Crippen LogP contribution < -0.4 is 10.2 Å². The van der Waals surface area contributed by atoms with Crippen LogP contribution in [-0.4, -0.2) is 41.7 Å². The molecule has 1 heterocycles. The molecule has 6 nitrogen and oxygen atoms in total. The molecule has 0 amide bonds. The van der Waals surface area contributed by atoms with Crippen molar-refractivity contribution in [3.63, 3.8) is 0 Å². The van der Waals surface area contributed by atoms with Crippen molar-refractivity contribution in [3.05, 3.63) is 29.5 Å². The maximum atomic E-state index is 11.7. The van der Waals surface area contributed by atoms with E-state index < -0.39 is 0 Å². The zero-order valence-electron chi connectivity index (χ0n) is 11.3. The van der Waals surface area contributed by atoms with Gasteiger partial charge in [0.05, 0.1) is 5.10 Å². The quantitative estimate of drug-likeness (QED) is 0.621. The van der Waals surface area contributed by atoms with Gasteiger partial charge in [-0.15, -0.1) is 0 Å². The van der Waals surface area contributed by atoms with Crippen LogP contribution in [0.25, 0.3) is 11.0 Å². The zero-order chi connectivity index (χ0) is 13.7. The van der Waals surface area contributed by atoms with Gasteiger partial charge in [-0.2, -0.15) is 0 Å². The minimum Gasteiger partial charge on any atom is -0.594 e. The lowest BCUT2D eigenvalue weighted by Gasteiger charge is -2.15. The fourth-order valence-corrected chi connectivity index (χ4v) is 1.92. The van der Waals surface area contributed by atoms with Crippen LogP contribution in [0, 0.1) is 5.21 Å². The minimum absolute atomic E-state index is 0.374. The van der Waals surface area contributed by atoms with Gasteiger partial charge in [0.2, 0.25) is 0 Å². The lowest BCUT2D eigenvalue weighted by Crippen LogP contribution is -2.34. The van der Waals surface area contributed by atoms with Gasteiger partial charge in [0.1, 0.15) is 5.52 Å². The van der Waals surface area contributed by atoms with E-state index in [-0.39, 0.29) is 0 Å². The van der Waals surface area contributed by atoms with Crippen LogP contribution in [-0.2, 0) is 0 Å². The largest absolute Gasteiger partial charge is 0.594 e. The zero-order valence-corrected chi connectivity index (χ0v) is 11.3. The summed E-state index contributed by atoms with van der Waals surface area (Å²) in [7, 11) is 2.07. The molecular weight excluding hydrogens is 242 g/mol. The van der Waals surface area contributed by atoms with Gasteiger partial charge in [-0.05, 0) is 30.9 Å². The molecule has 0 saturated carbocycles. The highest BCUT2D eigenvalue weighted by Gasteiger charge is 2.09. The van der Waals surface area contributed by atoms with E-state index in [4.69, 9.17) is 0 Å². The summed E-state index contributed by atoms with van der Waals surface area (Å²) >= 11 is 0. The Kier molecular flexibility index (Phi) is 4.46. The molecule has 0 radical (unpaired) electrons. The van der Waals surface area contributed by atoms with E-state index in [9.17, 15) is 5.21 Å². The fraction of sp³-hybridized carbons (Fsp3) is 0.462. The van der Waals surface area contributed by atoms with Gasteiger partial charge in [-0.1, -0.05) is 19.1 Å². The van der Waals surface area contributed by atoms with Crippen molar-refractivity contribution in [2.45, 2.75) is 13.3 Å². The summed E-state index contributed by atoms with van der Waals surface area (Å²) in [6, 6.07) is 7.17. The molecule has 0 atom stereocenters. The average Bonchev–Trinajstić information content (AvgIpc) is 2.39. The second-order valence-electron chi connectivity index (χ2n) is 4.53. The minimum atomic E-state index is 0.374. The molecule has 19 heavy (non-hydrogen) atoms. The first-order chi connectivity index (χ1) is 9.20. The Morgan fingerprint density at radius 3 is 2.89 bits per heavy atom. The van der Waals surface area contributed by atoms with Crippen LogP contribution in [0.1, 0.15) is 13.3 Å². The van der Waals surface area contributed by atoms with Crippen LogP contribution >= 0.6 is 0 Å². The van der Waals surface area contributed by atoms with Gasteiger partial charge in [-0.25, -0.2) is 4.98 Å². The molecule has 2 aromatic rings. The number of nitrogens with zero attached hydrogens (tertiary/aromatic N) is 4. The number of benzene rings is 1. The predicted molar refractivity (Wildman–Crippen MR) is 74.8 cm³/mol. The van der Waals surface area contributed by atoms with Crippen molar-refractivity contribution in [1.82, 2.24) is 15.0 Å². The van der Waals surface area contributed by atoms with Gasteiger partial charge in [-0.3, -0.25) is 0 Å². The third-order valence-corrected chi connectivity index (χ3v) is 2.88. The van der Waals surface area contributed by atoms with Gasteiger partial charge >= 0.3 is 0 Å². The lowest BCUT2D eigenvalue weighted by molar-refractivity contribution is -0.641. The topological polar surface area (TPSA) is 68.0 Å². The predicted octanol–water partition coefficient (Wildman–Crippen LogP) is 1.02. The highest BCUT2D eigenvalue weighted by Crippen LogP contribution is 2.07. The van der Waals surface area contributed by atoms with E-state index in [1.807, 2.05) is 6.07 Å². The molecule has 0 aliphatic carbocycles. The molecule has 0 unspecified atom stereocenters. The summed E-state index contributed by atoms with van der Waals surface area (Å²) in [6.07, 6.45) is 1.13. The normalized spacial score (nSPS) is 11.1. The van der Waals surface area contributed by atoms with E-state index in [1.54, 1.807) is 18.2 Å². The number of hydrogen-bond donors (Lipinski definition) is 1. The molecule has 0 fully saturated rings. The SMILES string of the molecule is CCCN(C)CCNc1nc2ccccc2[n+]([O-])n1. The molecule has 0 saturated heterocycles. The van der Waals surface area contributed by atoms with Crippen molar-refractivity contribution in [2.75, 3.05) is 32.0 Å². The number of para-hydroxylation sites is 2. The summed E-state index contributed by atoms with van der Waals surface area (Å²) in [5.74, 6) is 0.374. The summed E-state index contributed by atoms with van der Waals surface area (Å²) in [5.41, 5.74) is 1.13. The highest BCUT2D eigenvalue weighted by molar-refractivity contribution is 5.71. The van der Waals surface area contributed by atoms with Crippen LogP contribution in [0.4, 0.5) is 5.95 Å². The van der Waals surface area contributed by atoms with Crippen molar-refractivity contribution in [1.29, 1.82) is 0 Å². The van der Waals surface area contributed by atoms with E-state index >= 15 is 0 Å². The highest BCUT2D eigenvalue weighted by atomic mass is 16.5. The Morgan fingerprint density at radius 1 is 1.32 bits per heavy atom. The second-order valence-corrected chi connectivity index (χ2v) is 4.53. The van der Waals surface area contributed by atoms with Crippen molar-refractivity contribution >= 4 is 17.0 Å². The first-order valence-corrected chi connectivity index (χ1v) is 6.49. The van der Waals surface area contributed by atoms with Gasteiger partial charge in [0.15, 0.2) is 0 Å². The Morgan fingerprint density at radius 2 is 2.11 bits per heavy atom. The van der Waals surface area contributed by atoms with Crippen LogP contribution in [0.15, 0.2) is 24.3 Å². The van der Waals surface area contributed by atoms with Crippen molar-refractivity contribution in [2.24, 2.45) is 0 Å².